The molecule has 1 aromatic carbocycles. The van der Waals surface area contributed by atoms with Crippen LogP contribution in [0.3, 0.4) is 0 Å². The van der Waals surface area contributed by atoms with Gasteiger partial charge in [-0.3, -0.25) is 0 Å². The second-order valence-electron chi connectivity index (χ2n) is 5.91. The van der Waals surface area contributed by atoms with E-state index in [0.717, 1.165) is 63.5 Å². The van der Waals surface area contributed by atoms with Crippen LogP contribution in [0.1, 0.15) is 37.2 Å². The maximum atomic E-state index is 5.80. The van der Waals surface area contributed by atoms with Gasteiger partial charge < -0.3 is 19.5 Å². The van der Waals surface area contributed by atoms with Crippen LogP contribution < -0.4 is 10.1 Å². The average molecular weight is 275 g/mol. The van der Waals surface area contributed by atoms with Crippen molar-refractivity contribution < 1.29 is 14.2 Å². The molecule has 1 saturated heterocycles. The van der Waals surface area contributed by atoms with Crippen molar-refractivity contribution in [3.63, 3.8) is 0 Å². The minimum atomic E-state index is -0.261. The lowest BCUT2D eigenvalue weighted by Crippen LogP contribution is -2.34. The summed E-state index contributed by atoms with van der Waals surface area (Å²) < 4.78 is 17.3. The van der Waals surface area contributed by atoms with Gasteiger partial charge in [-0.1, -0.05) is 6.07 Å². The number of ether oxygens (including phenoxy) is 3. The van der Waals surface area contributed by atoms with E-state index in [4.69, 9.17) is 14.2 Å². The van der Waals surface area contributed by atoms with Crippen LogP contribution in [0.5, 0.6) is 5.75 Å². The van der Waals surface area contributed by atoms with Crippen molar-refractivity contribution in [3.8, 4) is 5.75 Å². The predicted molar refractivity (Wildman–Crippen MR) is 76.3 cm³/mol. The number of hydrogen-bond donors (Lipinski definition) is 1. The summed E-state index contributed by atoms with van der Waals surface area (Å²) >= 11 is 0. The van der Waals surface area contributed by atoms with Gasteiger partial charge in [0, 0.05) is 19.4 Å². The Bertz CT molecular complexity index is 486. The number of fused-ring (bicyclic) bond motifs is 1. The number of anilines is 1. The van der Waals surface area contributed by atoms with Gasteiger partial charge in [0.1, 0.15) is 12.4 Å². The third-order valence-corrected chi connectivity index (χ3v) is 4.71. The molecule has 1 aliphatic carbocycles. The van der Waals surface area contributed by atoms with E-state index in [-0.39, 0.29) is 5.79 Å². The van der Waals surface area contributed by atoms with Crippen LogP contribution in [0.25, 0.3) is 0 Å². The molecule has 2 fully saturated rings. The molecule has 1 saturated carbocycles. The smallest absolute Gasteiger partial charge is 0.168 e. The lowest BCUT2D eigenvalue weighted by Gasteiger charge is -2.35. The molecule has 4 nitrogen and oxygen atoms in total. The highest BCUT2D eigenvalue weighted by molar-refractivity contribution is 5.59. The summed E-state index contributed by atoms with van der Waals surface area (Å²) in [5.41, 5.74) is 2.51. The molecule has 1 spiro atoms. The van der Waals surface area contributed by atoms with E-state index in [0.29, 0.717) is 5.92 Å². The number of rotatable bonds is 1. The number of benzene rings is 1. The monoisotopic (exact) mass is 275 g/mol. The molecule has 0 bridgehead atoms. The summed E-state index contributed by atoms with van der Waals surface area (Å²) in [5, 5.41) is 3.37. The van der Waals surface area contributed by atoms with Crippen molar-refractivity contribution in [2.75, 3.05) is 31.7 Å². The van der Waals surface area contributed by atoms with Crippen molar-refractivity contribution in [1.82, 2.24) is 0 Å². The first-order valence-electron chi connectivity index (χ1n) is 7.63. The molecule has 2 heterocycles. The van der Waals surface area contributed by atoms with E-state index >= 15 is 0 Å². The first-order valence-corrected chi connectivity index (χ1v) is 7.63. The van der Waals surface area contributed by atoms with Gasteiger partial charge in [-0.05, 0) is 36.5 Å². The third kappa shape index (κ3) is 2.17. The summed E-state index contributed by atoms with van der Waals surface area (Å²) in [6, 6.07) is 6.59. The van der Waals surface area contributed by atoms with Crippen LogP contribution in [-0.4, -0.2) is 32.2 Å². The zero-order valence-corrected chi connectivity index (χ0v) is 11.7. The summed E-state index contributed by atoms with van der Waals surface area (Å²) in [5.74, 6) is 1.34. The first-order chi connectivity index (χ1) is 9.85. The van der Waals surface area contributed by atoms with Gasteiger partial charge in [0.05, 0.1) is 18.9 Å². The Labute approximate surface area is 119 Å². The Balaban J connectivity index is 1.48. The molecule has 2 aliphatic heterocycles. The van der Waals surface area contributed by atoms with Crippen LogP contribution in [0, 0.1) is 0 Å². The number of nitrogens with one attached hydrogen (secondary N) is 1. The van der Waals surface area contributed by atoms with E-state index in [1.807, 2.05) is 0 Å². The molecule has 0 aromatic heterocycles. The van der Waals surface area contributed by atoms with Crippen LogP contribution in [0.4, 0.5) is 5.69 Å². The van der Waals surface area contributed by atoms with Gasteiger partial charge in [-0.15, -0.1) is 0 Å². The fourth-order valence-electron chi connectivity index (χ4n) is 3.58. The van der Waals surface area contributed by atoms with Gasteiger partial charge in [0.2, 0.25) is 0 Å². The maximum absolute atomic E-state index is 5.80. The van der Waals surface area contributed by atoms with Crippen LogP contribution in [0.15, 0.2) is 18.2 Å². The van der Waals surface area contributed by atoms with Crippen LogP contribution in [-0.2, 0) is 9.47 Å². The average Bonchev–Trinajstić information content (AvgIpc) is 2.96. The Morgan fingerprint density at radius 3 is 2.65 bits per heavy atom. The quantitative estimate of drug-likeness (QED) is 0.855. The predicted octanol–water partition coefficient (Wildman–Crippen LogP) is 2.89. The van der Waals surface area contributed by atoms with Crippen LogP contribution in [0.2, 0.25) is 0 Å². The number of hydrogen-bond acceptors (Lipinski definition) is 4. The highest BCUT2D eigenvalue weighted by atomic mass is 16.7. The molecular formula is C16H21NO3. The van der Waals surface area contributed by atoms with Crippen molar-refractivity contribution in [2.45, 2.75) is 37.4 Å². The Morgan fingerprint density at radius 2 is 1.85 bits per heavy atom. The molecule has 0 unspecified atom stereocenters. The Morgan fingerprint density at radius 1 is 1.05 bits per heavy atom. The van der Waals surface area contributed by atoms with Gasteiger partial charge in [0.15, 0.2) is 5.79 Å². The summed E-state index contributed by atoms with van der Waals surface area (Å²) in [6.07, 6.45) is 4.28. The van der Waals surface area contributed by atoms with Crippen LogP contribution >= 0.6 is 0 Å². The zero-order valence-electron chi connectivity index (χ0n) is 11.7. The van der Waals surface area contributed by atoms with Crippen molar-refractivity contribution in [1.29, 1.82) is 0 Å². The SMILES string of the molecule is c1cc2c(cc1C1CCC3(CC1)OCCO3)OCCN2. The van der Waals surface area contributed by atoms with E-state index < -0.39 is 0 Å². The van der Waals surface area contributed by atoms with E-state index in [1.54, 1.807) is 0 Å². The van der Waals surface area contributed by atoms with Gasteiger partial charge in [-0.2, -0.15) is 0 Å². The molecule has 1 N–H and O–H groups in total. The van der Waals surface area contributed by atoms with Crippen molar-refractivity contribution in [3.05, 3.63) is 23.8 Å². The summed E-state index contributed by atoms with van der Waals surface area (Å²) in [7, 11) is 0. The van der Waals surface area contributed by atoms with E-state index in [2.05, 4.69) is 23.5 Å². The largest absolute Gasteiger partial charge is 0.490 e. The second-order valence-corrected chi connectivity index (χ2v) is 5.91. The fourth-order valence-corrected chi connectivity index (χ4v) is 3.58. The molecule has 3 aliphatic rings. The zero-order chi connectivity index (χ0) is 13.4. The summed E-state index contributed by atoms with van der Waals surface area (Å²) in [4.78, 5) is 0. The Kier molecular flexibility index (Phi) is 3.08. The van der Waals surface area contributed by atoms with Gasteiger partial charge >= 0.3 is 0 Å². The normalized spacial score (nSPS) is 25.0. The first kappa shape index (κ1) is 12.5. The van der Waals surface area contributed by atoms with Gasteiger partial charge in [-0.25, -0.2) is 0 Å². The highest BCUT2D eigenvalue weighted by Gasteiger charge is 2.40. The van der Waals surface area contributed by atoms with Crippen molar-refractivity contribution in [2.24, 2.45) is 0 Å². The van der Waals surface area contributed by atoms with E-state index in [9.17, 15) is 0 Å². The second kappa shape index (κ2) is 4.93. The Hall–Kier alpha value is -1.26. The third-order valence-electron chi connectivity index (χ3n) is 4.71. The molecule has 0 atom stereocenters. The molecule has 1 aromatic rings. The van der Waals surface area contributed by atoms with E-state index in [1.165, 1.54) is 5.56 Å². The maximum Gasteiger partial charge on any atom is 0.168 e. The molecule has 0 amide bonds. The topological polar surface area (TPSA) is 39.7 Å². The van der Waals surface area contributed by atoms with Gasteiger partial charge in [0.25, 0.3) is 0 Å². The lowest BCUT2D eigenvalue weighted by molar-refractivity contribution is -0.178. The van der Waals surface area contributed by atoms with Crippen molar-refractivity contribution >= 4 is 5.69 Å². The highest BCUT2D eigenvalue weighted by Crippen LogP contribution is 2.43. The lowest BCUT2D eigenvalue weighted by atomic mass is 9.81. The summed E-state index contributed by atoms with van der Waals surface area (Å²) in [6.45, 7) is 3.16. The molecule has 108 valence electrons. The molecule has 4 rings (SSSR count). The minimum Gasteiger partial charge on any atom is -0.490 e. The fraction of sp³-hybridized carbons (Fsp3) is 0.625. The molecule has 20 heavy (non-hydrogen) atoms. The molecule has 0 radical (unpaired) electrons. The minimum absolute atomic E-state index is 0.261. The molecular weight excluding hydrogens is 254 g/mol. The molecule has 4 heteroatoms. The standard InChI is InChI=1S/C16H21NO3/c1-2-14-15(18-8-7-17-14)11-13(1)12-3-5-16(6-4-12)19-9-10-20-16/h1-2,11-12,17H,3-10H2.